The van der Waals surface area contributed by atoms with E-state index in [2.05, 4.69) is 10.6 Å². The van der Waals surface area contributed by atoms with Crippen LogP contribution in [0.2, 0.25) is 0 Å². The van der Waals surface area contributed by atoms with Crippen molar-refractivity contribution in [3.05, 3.63) is 35.6 Å². The Morgan fingerprint density at radius 2 is 2.10 bits per heavy atom. The highest BCUT2D eigenvalue weighted by Gasteiger charge is 2.45. The fourth-order valence-corrected chi connectivity index (χ4v) is 2.42. The van der Waals surface area contributed by atoms with Crippen LogP contribution in [-0.4, -0.2) is 19.0 Å². The second-order valence-electron chi connectivity index (χ2n) is 5.71. The predicted octanol–water partition coefficient (Wildman–Crippen LogP) is 2.35. The zero-order valence-electron chi connectivity index (χ0n) is 11.3. The molecule has 1 amide bonds. The average molecular weight is 299 g/mol. The van der Waals surface area contributed by atoms with Crippen LogP contribution in [-0.2, 0) is 10.3 Å². The summed E-state index contributed by atoms with van der Waals surface area (Å²) >= 11 is 0. The van der Waals surface area contributed by atoms with Crippen molar-refractivity contribution in [1.82, 2.24) is 10.6 Å². The van der Waals surface area contributed by atoms with Crippen LogP contribution < -0.4 is 10.6 Å². The number of carbonyl (C=O) groups is 1. The highest BCUT2D eigenvalue weighted by Crippen LogP contribution is 2.45. The minimum atomic E-state index is -0.319. The van der Waals surface area contributed by atoms with Crippen molar-refractivity contribution in [2.45, 2.75) is 31.2 Å². The molecule has 2 aliphatic carbocycles. The van der Waals surface area contributed by atoms with Gasteiger partial charge < -0.3 is 10.6 Å². The minimum Gasteiger partial charge on any atom is -0.345 e. The summed E-state index contributed by atoms with van der Waals surface area (Å²) in [6.07, 6.45) is 4.35. The van der Waals surface area contributed by atoms with Crippen molar-refractivity contribution in [2.75, 3.05) is 13.1 Å². The number of benzene rings is 1. The van der Waals surface area contributed by atoms with Gasteiger partial charge in [0.15, 0.2) is 0 Å². The number of carbonyl (C=O) groups excluding carboxylic acids is 1. The molecule has 2 aliphatic rings. The van der Waals surface area contributed by atoms with Crippen LogP contribution in [0.15, 0.2) is 24.3 Å². The lowest BCUT2D eigenvalue weighted by atomic mass is 10.0. The summed E-state index contributed by atoms with van der Waals surface area (Å²) in [6, 6.07) is 6.53. The quantitative estimate of drug-likeness (QED) is 0.846. The first-order valence-corrected chi connectivity index (χ1v) is 6.96. The maximum Gasteiger partial charge on any atom is 0.234 e. The van der Waals surface area contributed by atoms with Crippen molar-refractivity contribution in [3.8, 4) is 0 Å². The maximum atomic E-state index is 13.2. The summed E-state index contributed by atoms with van der Waals surface area (Å²) in [6.45, 7) is 1.29. The summed E-state index contributed by atoms with van der Waals surface area (Å²) in [7, 11) is 0. The minimum absolute atomic E-state index is 0. The Labute approximate surface area is 124 Å². The lowest BCUT2D eigenvalue weighted by Gasteiger charge is -2.18. The molecule has 2 fully saturated rings. The van der Waals surface area contributed by atoms with Crippen molar-refractivity contribution in [2.24, 2.45) is 5.92 Å². The molecule has 0 aliphatic heterocycles. The van der Waals surface area contributed by atoms with Gasteiger partial charge in [-0.3, -0.25) is 4.79 Å². The van der Waals surface area contributed by atoms with E-state index in [1.54, 1.807) is 6.07 Å². The molecule has 3 rings (SSSR count). The van der Waals surface area contributed by atoms with Crippen LogP contribution in [0.4, 0.5) is 4.39 Å². The van der Waals surface area contributed by atoms with E-state index in [4.69, 9.17) is 0 Å². The normalized spacial score (nSPS) is 19.1. The molecule has 20 heavy (non-hydrogen) atoms. The molecule has 1 aromatic rings. The molecule has 0 heterocycles. The van der Waals surface area contributed by atoms with E-state index in [1.807, 2.05) is 6.07 Å². The fourth-order valence-electron chi connectivity index (χ4n) is 2.42. The molecule has 3 nitrogen and oxygen atoms in total. The molecule has 110 valence electrons. The Bertz CT molecular complexity index is 487. The highest BCUT2D eigenvalue weighted by atomic mass is 35.5. The van der Waals surface area contributed by atoms with E-state index >= 15 is 0 Å². The third-order valence-electron chi connectivity index (χ3n) is 3.92. The van der Waals surface area contributed by atoms with Gasteiger partial charge in [-0.2, -0.15) is 0 Å². The third kappa shape index (κ3) is 3.70. The molecule has 0 unspecified atom stereocenters. The van der Waals surface area contributed by atoms with Gasteiger partial charge in [-0.25, -0.2) is 4.39 Å². The summed E-state index contributed by atoms with van der Waals surface area (Å²) < 4.78 is 13.2. The van der Waals surface area contributed by atoms with Gasteiger partial charge in [0, 0.05) is 0 Å². The second kappa shape index (κ2) is 6.10. The van der Waals surface area contributed by atoms with Crippen molar-refractivity contribution >= 4 is 18.3 Å². The van der Waals surface area contributed by atoms with E-state index < -0.39 is 0 Å². The van der Waals surface area contributed by atoms with Gasteiger partial charge in [0.05, 0.1) is 12.1 Å². The Morgan fingerprint density at radius 3 is 2.70 bits per heavy atom. The van der Waals surface area contributed by atoms with Gasteiger partial charge in [0.2, 0.25) is 5.91 Å². The fraction of sp³-hybridized carbons (Fsp3) is 0.533. The average Bonchev–Trinajstić information content (AvgIpc) is 3.25. The molecular weight excluding hydrogens is 279 g/mol. The van der Waals surface area contributed by atoms with Crippen LogP contribution in [0.5, 0.6) is 0 Å². The van der Waals surface area contributed by atoms with E-state index in [-0.39, 0.29) is 29.7 Å². The molecule has 1 aromatic carbocycles. The maximum absolute atomic E-state index is 13.2. The Kier molecular flexibility index (Phi) is 4.66. The molecule has 0 bridgehead atoms. The van der Waals surface area contributed by atoms with Crippen LogP contribution in [0, 0.1) is 11.7 Å². The van der Waals surface area contributed by atoms with Gasteiger partial charge in [-0.15, -0.1) is 12.4 Å². The Hall–Kier alpha value is -1.13. The molecule has 0 aromatic heterocycles. The van der Waals surface area contributed by atoms with E-state index in [0.717, 1.165) is 30.9 Å². The molecule has 0 radical (unpaired) electrons. The molecule has 5 heteroatoms. The Balaban J connectivity index is 0.00000147. The van der Waals surface area contributed by atoms with Gasteiger partial charge in [-0.1, -0.05) is 12.1 Å². The van der Waals surface area contributed by atoms with Crippen molar-refractivity contribution in [1.29, 1.82) is 0 Å². The predicted molar refractivity (Wildman–Crippen MR) is 78.3 cm³/mol. The number of halogens is 2. The van der Waals surface area contributed by atoms with Gasteiger partial charge >= 0.3 is 0 Å². The largest absolute Gasteiger partial charge is 0.345 e. The zero-order chi connectivity index (χ0) is 13.3. The lowest BCUT2D eigenvalue weighted by molar-refractivity contribution is -0.121. The number of hydrogen-bond donors (Lipinski definition) is 2. The first kappa shape index (κ1) is 15.3. The van der Waals surface area contributed by atoms with Crippen molar-refractivity contribution < 1.29 is 9.18 Å². The highest BCUT2D eigenvalue weighted by molar-refractivity contribution is 5.85. The Morgan fingerprint density at radius 1 is 1.35 bits per heavy atom. The molecule has 0 saturated heterocycles. The molecular formula is C15H20ClFN2O. The van der Waals surface area contributed by atoms with Crippen molar-refractivity contribution in [3.63, 3.8) is 0 Å². The topological polar surface area (TPSA) is 41.1 Å². The summed E-state index contributed by atoms with van der Waals surface area (Å²) in [5.74, 6) is 0.526. The SMILES string of the molecule is Cl.O=C(CNCC1CC1)NC1(c2cccc(F)c2)CC1. The number of amides is 1. The molecule has 0 atom stereocenters. The molecule has 0 spiro atoms. The van der Waals surface area contributed by atoms with Crippen LogP contribution in [0.3, 0.4) is 0 Å². The van der Waals surface area contributed by atoms with Gasteiger partial charge in [0.1, 0.15) is 5.82 Å². The lowest BCUT2D eigenvalue weighted by Crippen LogP contribution is -2.41. The van der Waals surface area contributed by atoms with Crippen LogP contribution >= 0.6 is 12.4 Å². The summed E-state index contributed by atoms with van der Waals surface area (Å²) in [5, 5.41) is 6.21. The van der Waals surface area contributed by atoms with E-state index in [0.29, 0.717) is 6.54 Å². The van der Waals surface area contributed by atoms with Gasteiger partial charge in [-0.05, 0) is 55.8 Å². The number of hydrogen-bond acceptors (Lipinski definition) is 2. The number of nitrogens with one attached hydrogen (secondary N) is 2. The van der Waals surface area contributed by atoms with E-state index in [9.17, 15) is 9.18 Å². The zero-order valence-corrected chi connectivity index (χ0v) is 12.1. The molecule has 2 saturated carbocycles. The van der Waals surface area contributed by atoms with E-state index in [1.165, 1.54) is 25.0 Å². The van der Waals surface area contributed by atoms with Crippen LogP contribution in [0.25, 0.3) is 0 Å². The van der Waals surface area contributed by atoms with Crippen LogP contribution in [0.1, 0.15) is 31.2 Å². The number of rotatable bonds is 6. The summed E-state index contributed by atoms with van der Waals surface area (Å²) in [4.78, 5) is 11.9. The molecule has 2 N–H and O–H groups in total. The summed E-state index contributed by atoms with van der Waals surface area (Å²) in [5.41, 5.74) is 0.559. The second-order valence-corrected chi connectivity index (χ2v) is 5.71. The first-order chi connectivity index (χ1) is 9.18. The third-order valence-corrected chi connectivity index (χ3v) is 3.92. The van der Waals surface area contributed by atoms with Gasteiger partial charge in [0.25, 0.3) is 0 Å². The monoisotopic (exact) mass is 298 g/mol. The standard InChI is InChI=1S/C15H19FN2O.ClH/c16-13-3-1-2-12(8-13)15(6-7-15)18-14(19)10-17-9-11-4-5-11;/h1-3,8,11,17H,4-7,9-10H2,(H,18,19);1H. The first-order valence-electron chi connectivity index (χ1n) is 6.96. The smallest absolute Gasteiger partial charge is 0.234 e.